The van der Waals surface area contributed by atoms with Gasteiger partial charge in [0.2, 0.25) is 11.8 Å². The number of furan rings is 1. The van der Waals surface area contributed by atoms with E-state index in [4.69, 9.17) is 27.6 Å². The Morgan fingerprint density at radius 3 is 2.32 bits per heavy atom. The van der Waals surface area contributed by atoms with Crippen molar-refractivity contribution in [3.05, 3.63) is 121 Å². The molecule has 272 valence electrons. The highest BCUT2D eigenvalue weighted by Crippen LogP contribution is 2.64. The smallest absolute Gasteiger partial charge is 0.417 e. The van der Waals surface area contributed by atoms with E-state index in [2.05, 4.69) is 33.0 Å². The third kappa shape index (κ3) is 5.50. The number of nitrogens with zero attached hydrogens (tertiary/aromatic N) is 3. The van der Waals surface area contributed by atoms with Crippen LogP contribution >= 0.6 is 45.8 Å². The van der Waals surface area contributed by atoms with Gasteiger partial charge in [-0.3, -0.25) is 29.5 Å². The second-order valence-corrected chi connectivity index (χ2v) is 15.5. The summed E-state index contributed by atoms with van der Waals surface area (Å²) in [6.07, 6.45) is -2.25. The molecule has 16 heteroatoms. The number of halogens is 6. The number of hydrogen-bond acceptors (Lipinski definition) is 8. The Morgan fingerprint density at radius 2 is 1.68 bits per heavy atom. The second kappa shape index (κ2) is 13.0. The number of amides is 4. The third-order valence-corrected chi connectivity index (χ3v) is 12.0. The number of rotatable bonds is 6. The number of alkyl halides is 3. The summed E-state index contributed by atoms with van der Waals surface area (Å²) in [5.74, 6) is -6.86. The van der Waals surface area contributed by atoms with Gasteiger partial charge in [0.25, 0.3) is 11.8 Å². The number of pyridine rings is 1. The summed E-state index contributed by atoms with van der Waals surface area (Å²) in [7, 11) is 0. The van der Waals surface area contributed by atoms with Crippen molar-refractivity contribution in [1.82, 2.24) is 9.99 Å². The molecule has 3 fully saturated rings. The van der Waals surface area contributed by atoms with Crippen molar-refractivity contribution in [1.29, 1.82) is 0 Å². The highest BCUT2D eigenvalue weighted by molar-refractivity contribution is 14.1. The van der Waals surface area contributed by atoms with Crippen LogP contribution in [-0.4, -0.2) is 38.7 Å². The van der Waals surface area contributed by atoms with Crippen LogP contribution in [0, 0.1) is 27.2 Å². The number of benzene rings is 2. The molecule has 6 unspecified atom stereocenters. The summed E-state index contributed by atoms with van der Waals surface area (Å²) in [6, 6.07) is 17.1. The molecule has 2 aromatic heterocycles. The Labute approximate surface area is 323 Å². The SMILES string of the molecule is O=C1C2CC3C(=CCC4C(=O)N(c5ccc(I)cc5)C(=O)C43)C(c3ccc(CO)o3)C2(c2ccc(Cl)cc2)C(=O)N1Nc1ncc(C(F)(F)F)cc1Cl. The number of nitrogens with one attached hydrogen (secondary N) is 1. The van der Waals surface area contributed by atoms with Crippen molar-refractivity contribution in [2.75, 3.05) is 10.3 Å². The van der Waals surface area contributed by atoms with Crippen molar-refractivity contribution in [3.8, 4) is 0 Å². The van der Waals surface area contributed by atoms with Gasteiger partial charge in [0.1, 0.15) is 23.5 Å². The number of carbonyl (C=O) groups excluding carboxylic acids is 4. The molecular formula is C37H26Cl2F3IN4O6. The first-order valence-electron chi connectivity index (χ1n) is 16.4. The quantitative estimate of drug-likeness (QED) is 0.117. The summed E-state index contributed by atoms with van der Waals surface area (Å²) in [5.41, 5.74) is 1.11. The average molecular weight is 877 g/mol. The van der Waals surface area contributed by atoms with Gasteiger partial charge in [-0.2, -0.15) is 18.2 Å². The van der Waals surface area contributed by atoms with E-state index in [0.29, 0.717) is 39.1 Å². The van der Waals surface area contributed by atoms with E-state index in [1.54, 1.807) is 60.7 Å². The Bertz CT molecular complexity index is 2230. The molecule has 2 aliphatic heterocycles. The van der Waals surface area contributed by atoms with Crippen molar-refractivity contribution in [2.45, 2.75) is 37.0 Å². The molecule has 6 atom stereocenters. The lowest BCUT2D eigenvalue weighted by Crippen LogP contribution is -2.53. The molecular weight excluding hydrogens is 851 g/mol. The van der Waals surface area contributed by atoms with Crippen molar-refractivity contribution in [2.24, 2.45) is 23.7 Å². The van der Waals surface area contributed by atoms with Crippen LogP contribution in [0.3, 0.4) is 0 Å². The lowest BCUT2D eigenvalue weighted by molar-refractivity contribution is -0.139. The van der Waals surface area contributed by atoms with Crippen LogP contribution in [0.2, 0.25) is 10.0 Å². The van der Waals surface area contributed by atoms with Gasteiger partial charge in [0, 0.05) is 14.8 Å². The maximum Gasteiger partial charge on any atom is 0.417 e. The minimum absolute atomic E-state index is 0.0455. The van der Waals surface area contributed by atoms with E-state index in [1.165, 1.54) is 4.90 Å². The molecule has 2 N–H and O–H groups in total. The Balaban J connectivity index is 1.29. The van der Waals surface area contributed by atoms with Crippen LogP contribution in [0.4, 0.5) is 24.7 Å². The molecule has 2 aromatic carbocycles. The van der Waals surface area contributed by atoms with Gasteiger partial charge in [0.05, 0.1) is 39.9 Å². The lowest BCUT2D eigenvalue weighted by Gasteiger charge is -2.49. The maximum atomic E-state index is 15.2. The summed E-state index contributed by atoms with van der Waals surface area (Å²) in [5, 5.41) is 10.5. The van der Waals surface area contributed by atoms with Gasteiger partial charge in [-0.15, -0.1) is 0 Å². The minimum atomic E-state index is -4.75. The highest BCUT2D eigenvalue weighted by atomic mass is 127. The fraction of sp³-hybridized carbons (Fsp3) is 0.270. The minimum Gasteiger partial charge on any atom is -0.463 e. The van der Waals surface area contributed by atoms with E-state index in [1.807, 2.05) is 6.08 Å². The number of imide groups is 2. The van der Waals surface area contributed by atoms with E-state index >= 15 is 4.79 Å². The molecule has 53 heavy (non-hydrogen) atoms. The van der Waals surface area contributed by atoms with E-state index < -0.39 is 76.1 Å². The van der Waals surface area contributed by atoms with Crippen LogP contribution in [0.15, 0.2) is 89.0 Å². The number of aliphatic hydroxyl groups is 1. The van der Waals surface area contributed by atoms with Crippen molar-refractivity contribution in [3.63, 3.8) is 0 Å². The standard InChI is InChI=1S/C37H26Cl2F3IN4O6/c38-19-3-1-17(2-4-19)36-26(33(50)47(35(36)52)45-31-27(39)13-18(15-44-31)37(40,41)42)14-25-23(30(36)28-12-9-22(16-48)53-28)10-11-24-29(25)34(51)46(32(24)49)21-7-5-20(43)6-8-21/h1-10,12-13,15,24-26,29-30,48H,11,14,16H2,(H,44,45). The first-order valence-corrected chi connectivity index (χ1v) is 18.3. The number of carbonyl (C=O) groups is 4. The number of aliphatic hydroxyl groups excluding tert-OH is 1. The average Bonchev–Trinajstić information content (AvgIpc) is 3.77. The number of anilines is 2. The van der Waals surface area contributed by atoms with Gasteiger partial charge in [-0.25, -0.2) is 4.98 Å². The van der Waals surface area contributed by atoms with Crippen molar-refractivity contribution < 1.29 is 41.9 Å². The second-order valence-electron chi connectivity index (χ2n) is 13.4. The predicted octanol–water partition coefficient (Wildman–Crippen LogP) is 7.29. The van der Waals surface area contributed by atoms with Crippen LogP contribution in [-0.2, 0) is 37.4 Å². The van der Waals surface area contributed by atoms with Gasteiger partial charge in [0.15, 0.2) is 5.82 Å². The van der Waals surface area contributed by atoms with Gasteiger partial charge in [-0.1, -0.05) is 47.0 Å². The van der Waals surface area contributed by atoms with Crippen molar-refractivity contribution >= 4 is 80.9 Å². The third-order valence-electron chi connectivity index (χ3n) is 10.8. The molecule has 4 aliphatic rings. The molecule has 4 amide bonds. The fourth-order valence-corrected chi connectivity index (χ4v) is 9.26. The Hall–Kier alpha value is -4.25. The Kier molecular flexibility index (Phi) is 8.74. The zero-order chi connectivity index (χ0) is 37.6. The molecule has 4 aromatic rings. The molecule has 2 saturated heterocycles. The summed E-state index contributed by atoms with van der Waals surface area (Å²) in [6.45, 7) is -0.464. The van der Waals surface area contributed by atoms with Crippen LogP contribution < -0.4 is 10.3 Å². The van der Waals surface area contributed by atoms with Gasteiger partial charge >= 0.3 is 6.18 Å². The molecule has 2 aliphatic carbocycles. The molecule has 0 spiro atoms. The number of allylic oxidation sites excluding steroid dienone is 2. The topological polar surface area (TPSA) is 133 Å². The molecule has 0 bridgehead atoms. The van der Waals surface area contributed by atoms with E-state index in [9.17, 15) is 32.7 Å². The molecule has 10 nitrogen and oxygen atoms in total. The predicted molar refractivity (Wildman–Crippen MR) is 193 cm³/mol. The number of fused-ring (bicyclic) bond motifs is 4. The van der Waals surface area contributed by atoms with Gasteiger partial charge < -0.3 is 9.52 Å². The summed E-state index contributed by atoms with van der Waals surface area (Å²) in [4.78, 5) is 63.2. The van der Waals surface area contributed by atoms with Crippen LogP contribution in [0.25, 0.3) is 0 Å². The summed E-state index contributed by atoms with van der Waals surface area (Å²) >= 11 is 14.6. The lowest BCUT2D eigenvalue weighted by atomic mass is 9.50. The molecule has 4 heterocycles. The number of hydrazine groups is 1. The largest absolute Gasteiger partial charge is 0.463 e. The number of hydrogen-bond donors (Lipinski definition) is 2. The van der Waals surface area contributed by atoms with Crippen LogP contribution in [0.5, 0.6) is 0 Å². The zero-order valence-corrected chi connectivity index (χ0v) is 30.8. The van der Waals surface area contributed by atoms with E-state index in [0.717, 1.165) is 3.57 Å². The Morgan fingerprint density at radius 1 is 0.962 bits per heavy atom. The zero-order valence-electron chi connectivity index (χ0n) is 27.1. The van der Waals surface area contributed by atoms with Crippen LogP contribution in [0.1, 0.15) is 41.4 Å². The summed E-state index contributed by atoms with van der Waals surface area (Å²) < 4.78 is 47.3. The highest BCUT2D eigenvalue weighted by Gasteiger charge is 2.71. The molecule has 1 saturated carbocycles. The molecule has 0 radical (unpaired) electrons. The van der Waals surface area contributed by atoms with Gasteiger partial charge in [-0.05, 0) is 102 Å². The molecule has 8 rings (SSSR count). The number of aromatic nitrogens is 1. The first-order chi connectivity index (χ1) is 25.2. The maximum absolute atomic E-state index is 15.2. The monoisotopic (exact) mass is 876 g/mol. The first kappa shape index (κ1) is 35.8. The fourth-order valence-electron chi connectivity index (χ4n) is 8.57. The normalized spacial score (nSPS) is 26.8. The van der Waals surface area contributed by atoms with E-state index in [-0.39, 0.29) is 36.1 Å².